The quantitative estimate of drug-likeness (QED) is 0.0763. The summed E-state index contributed by atoms with van der Waals surface area (Å²) in [5, 5.41) is 6.97. The van der Waals surface area contributed by atoms with Gasteiger partial charge in [0.2, 0.25) is 0 Å². The SMILES string of the molecule is CCCCCCCCCCCCCCCCOc1cc2cscc2cc1OCCCCCCCCCCCCCCCC. The molecule has 0 radical (unpaired) electrons. The fraction of sp³-hybridized carbons (Fsp3) is 0.800. The molecule has 248 valence electrons. The van der Waals surface area contributed by atoms with Gasteiger partial charge in [-0.15, -0.1) is 0 Å². The van der Waals surface area contributed by atoms with Crippen LogP contribution in [0.3, 0.4) is 0 Å². The van der Waals surface area contributed by atoms with Gasteiger partial charge in [-0.25, -0.2) is 0 Å². The smallest absolute Gasteiger partial charge is 0.161 e. The van der Waals surface area contributed by atoms with E-state index in [9.17, 15) is 0 Å². The van der Waals surface area contributed by atoms with Crippen molar-refractivity contribution in [2.75, 3.05) is 13.2 Å². The molecule has 1 aromatic heterocycles. The Morgan fingerprint density at radius 2 is 0.628 bits per heavy atom. The zero-order valence-corrected chi connectivity index (χ0v) is 29.6. The van der Waals surface area contributed by atoms with Crippen LogP contribution in [0.1, 0.15) is 194 Å². The Balaban J connectivity index is 1.47. The third kappa shape index (κ3) is 20.4. The van der Waals surface area contributed by atoms with E-state index in [0.717, 1.165) is 37.6 Å². The minimum absolute atomic E-state index is 0.795. The molecule has 0 bridgehead atoms. The number of rotatable bonds is 32. The Morgan fingerprint density at radius 1 is 0.372 bits per heavy atom. The van der Waals surface area contributed by atoms with Crippen molar-refractivity contribution < 1.29 is 9.47 Å². The van der Waals surface area contributed by atoms with Gasteiger partial charge in [0.15, 0.2) is 11.5 Å². The predicted octanol–water partition coefficient (Wildman–Crippen LogP) is 14.6. The number of thiophene rings is 1. The number of hydrogen-bond donors (Lipinski definition) is 0. The van der Waals surface area contributed by atoms with E-state index in [1.165, 1.54) is 178 Å². The van der Waals surface area contributed by atoms with Crippen LogP contribution >= 0.6 is 11.3 Å². The van der Waals surface area contributed by atoms with Gasteiger partial charge in [-0.05, 0) is 46.5 Å². The normalized spacial score (nSPS) is 11.5. The van der Waals surface area contributed by atoms with Crippen molar-refractivity contribution >= 4 is 22.1 Å². The highest BCUT2D eigenvalue weighted by molar-refractivity contribution is 7.09. The summed E-state index contributed by atoms with van der Waals surface area (Å²) in [6.45, 7) is 6.18. The van der Waals surface area contributed by atoms with E-state index in [4.69, 9.17) is 9.47 Å². The van der Waals surface area contributed by atoms with E-state index in [2.05, 4.69) is 36.7 Å². The second-order valence-corrected chi connectivity index (χ2v) is 13.9. The zero-order valence-electron chi connectivity index (χ0n) is 28.7. The first kappa shape index (κ1) is 38.0. The standard InChI is InChI=1S/C40H70O2S/c1-3-5-7-9-11-13-15-17-19-21-23-25-27-29-31-41-39-33-37-35-43-36-38(37)34-40(39)42-32-30-28-26-24-22-20-18-16-14-12-10-8-6-4-2/h33-36H,3-32H2,1-2H3. The molecule has 0 saturated carbocycles. The van der Waals surface area contributed by atoms with Crippen LogP contribution in [0, 0.1) is 0 Å². The molecule has 3 heteroatoms. The molecule has 0 saturated heterocycles. The summed E-state index contributed by atoms with van der Waals surface area (Å²) in [6, 6.07) is 4.38. The van der Waals surface area contributed by atoms with Crippen LogP contribution in [0.15, 0.2) is 22.9 Å². The van der Waals surface area contributed by atoms with Crippen LogP contribution < -0.4 is 9.47 Å². The van der Waals surface area contributed by atoms with Crippen LogP contribution in [0.25, 0.3) is 10.8 Å². The van der Waals surface area contributed by atoms with E-state index in [0.29, 0.717) is 0 Å². The van der Waals surface area contributed by atoms with Crippen LogP contribution in [0.5, 0.6) is 11.5 Å². The number of benzene rings is 1. The van der Waals surface area contributed by atoms with Crippen molar-refractivity contribution in [1.82, 2.24) is 0 Å². The lowest BCUT2D eigenvalue weighted by molar-refractivity contribution is 0.259. The third-order valence-electron chi connectivity index (χ3n) is 9.05. The average molecular weight is 615 g/mol. The predicted molar refractivity (Wildman–Crippen MR) is 193 cm³/mol. The van der Waals surface area contributed by atoms with Crippen molar-refractivity contribution in [2.24, 2.45) is 0 Å². The van der Waals surface area contributed by atoms with Gasteiger partial charge in [-0.3, -0.25) is 0 Å². The Bertz CT molecular complexity index is 791. The molecule has 0 N–H and O–H groups in total. The van der Waals surface area contributed by atoms with Crippen LogP contribution in [-0.4, -0.2) is 13.2 Å². The molecule has 0 atom stereocenters. The molecule has 0 aliphatic heterocycles. The minimum atomic E-state index is 0.795. The van der Waals surface area contributed by atoms with E-state index in [1.807, 2.05) is 0 Å². The second kappa shape index (κ2) is 28.3. The molecule has 1 heterocycles. The van der Waals surface area contributed by atoms with E-state index in [1.54, 1.807) is 11.3 Å². The van der Waals surface area contributed by atoms with E-state index in [-0.39, 0.29) is 0 Å². The van der Waals surface area contributed by atoms with Crippen molar-refractivity contribution in [3.8, 4) is 11.5 Å². The largest absolute Gasteiger partial charge is 0.490 e. The molecule has 2 aromatic rings. The van der Waals surface area contributed by atoms with Crippen molar-refractivity contribution in [2.45, 2.75) is 194 Å². The van der Waals surface area contributed by atoms with Crippen LogP contribution in [0.2, 0.25) is 0 Å². The Kier molecular flexibility index (Phi) is 25.0. The average Bonchev–Trinajstić information content (AvgIpc) is 3.48. The Labute approximate surface area is 272 Å². The summed E-state index contributed by atoms with van der Waals surface area (Å²) >= 11 is 1.76. The van der Waals surface area contributed by atoms with Gasteiger partial charge in [0, 0.05) is 0 Å². The fourth-order valence-electron chi connectivity index (χ4n) is 6.16. The molecule has 0 unspecified atom stereocenters. The molecular weight excluding hydrogens is 545 g/mol. The summed E-state index contributed by atoms with van der Waals surface area (Å²) in [4.78, 5) is 0. The van der Waals surface area contributed by atoms with Gasteiger partial charge < -0.3 is 9.47 Å². The van der Waals surface area contributed by atoms with Gasteiger partial charge >= 0.3 is 0 Å². The first-order chi connectivity index (χ1) is 21.3. The summed E-state index contributed by atoms with van der Waals surface area (Å²) in [5.41, 5.74) is 0. The van der Waals surface area contributed by atoms with Gasteiger partial charge in [0.1, 0.15) is 0 Å². The third-order valence-corrected chi connectivity index (χ3v) is 9.83. The summed E-state index contributed by atoms with van der Waals surface area (Å²) in [5.74, 6) is 1.87. The molecule has 2 rings (SSSR count). The van der Waals surface area contributed by atoms with E-state index >= 15 is 0 Å². The summed E-state index contributed by atoms with van der Waals surface area (Å²) in [7, 11) is 0. The molecule has 1 aromatic carbocycles. The highest BCUT2D eigenvalue weighted by Gasteiger charge is 2.09. The van der Waals surface area contributed by atoms with Crippen LogP contribution in [-0.2, 0) is 0 Å². The van der Waals surface area contributed by atoms with Crippen LogP contribution in [0.4, 0.5) is 0 Å². The molecule has 43 heavy (non-hydrogen) atoms. The number of hydrogen-bond acceptors (Lipinski definition) is 3. The number of unbranched alkanes of at least 4 members (excludes halogenated alkanes) is 26. The maximum Gasteiger partial charge on any atom is 0.161 e. The number of fused-ring (bicyclic) bond motifs is 1. The van der Waals surface area contributed by atoms with Crippen molar-refractivity contribution in [3.05, 3.63) is 22.9 Å². The molecule has 0 aliphatic carbocycles. The molecule has 0 fully saturated rings. The molecule has 0 spiro atoms. The maximum atomic E-state index is 6.28. The Hall–Kier alpha value is -1.22. The Morgan fingerprint density at radius 3 is 0.907 bits per heavy atom. The monoisotopic (exact) mass is 615 g/mol. The van der Waals surface area contributed by atoms with Gasteiger partial charge in [-0.1, -0.05) is 181 Å². The highest BCUT2D eigenvalue weighted by Crippen LogP contribution is 2.34. The maximum absolute atomic E-state index is 6.28. The van der Waals surface area contributed by atoms with Gasteiger partial charge in [0.05, 0.1) is 13.2 Å². The van der Waals surface area contributed by atoms with Crippen molar-refractivity contribution in [3.63, 3.8) is 0 Å². The van der Waals surface area contributed by atoms with Gasteiger partial charge in [-0.2, -0.15) is 11.3 Å². The molecular formula is C40H70O2S. The number of ether oxygens (including phenoxy) is 2. The lowest BCUT2D eigenvalue weighted by Crippen LogP contribution is -2.03. The fourth-order valence-corrected chi connectivity index (χ4v) is 6.93. The molecule has 2 nitrogen and oxygen atoms in total. The minimum Gasteiger partial charge on any atom is -0.490 e. The first-order valence-corrected chi connectivity index (χ1v) is 20.0. The summed E-state index contributed by atoms with van der Waals surface area (Å²) < 4.78 is 12.6. The summed E-state index contributed by atoms with van der Waals surface area (Å²) in [6.07, 6.45) is 38.8. The first-order valence-electron chi connectivity index (χ1n) is 19.1. The lowest BCUT2D eigenvalue weighted by atomic mass is 10.0. The van der Waals surface area contributed by atoms with Gasteiger partial charge in [0.25, 0.3) is 0 Å². The lowest BCUT2D eigenvalue weighted by Gasteiger charge is -2.13. The zero-order chi connectivity index (χ0) is 30.5. The van der Waals surface area contributed by atoms with E-state index < -0.39 is 0 Å². The molecule has 0 aliphatic rings. The topological polar surface area (TPSA) is 18.5 Å². The van der Waals surface area contributed by atoms with Crippen molar-refractivity contribution in [1.29, 1.82) is 0 Å². The molecule has 0 amide bonds. The second-order valence-electron chi connectivity index (χ2n) is 13.2. The highest BCUT2D eigenvalue weighted by atomic mass is 32.1.